The summed E-state index contributed by atoms with van der Waals surface area (Å²) in [5, 5.41) is 19.1. The largest absolute Gasteiger partial charge is 0.481 e. The van der Waals surface area contributed by atoms with Crippen LogP contribution in [0.2, 0.25) is 0 Å². The molecule has 0 aliphatic carbocycles. The molecule has 0 radical (unpaired) electrons. The number of hydrogen-bond donors (Lipinski definition) is 2. The van der Waals surface area contributed by atoms with Crippen molar-refractivity contribution in [3.8, 4) is 0 Å². The topological polar surface area (TPSA) is 77.8 Å². The van der Waals surface area contributed by atoms with Crippen LogP contribution in [-0.2, 0) is 21.5 Å². The van der Waals surface area contributed by atoms with Crippen LogP contribution in [0, 0.1) is 0 Å². The van der Waals surface area contributed by atoms with Gasteiger partial charge in [0.05, 0.1) is 5.41 Å². The molecule has 2 rings (SSSR count). The first-order chi connectivity index (χ1) is 12.4. The zero-order valence-electron chi connectivity index (χ0n) is 15.0. The molecular weight excluding hydrogens is 330 g/mol. The van der Waals surface area contributed by atoms with Crippen molar-refractivity contribution in [2.24, 2.45) is 0 Å². The molecule has 5 heteroatoms. The molecule has 0 fully saturated rings. The van der Waals surface area contributed by atoms with E-state index in [1.54, 1.807) is 24.3 Å². The minimum absolute atomic E-state index is 0.0703. The van der Waals surface area contributed by atoms with E-state index in [0.29, 0.717) is 25.1 Å². The Morgan fingerprint density at radius 2 is 1.50 bits per heavy atom. The van der Waals surface area contributed by atoms with E-state index in [-0.39, 0.29) is 12.8 Å². The van der Waals surface area contributed by atoms with E-state index >= 15 is 0 Å². The Bertz CT molecular complexity index is 717. The molecule has 0 heterocycles. The van der Waals surface area contributed by atoms with Crippen LogP contribution in [0.1, 0.15) is 30.4 Å². The monoisotopic (exact) mass is 355 g/mol. The molecule has 0 bridgehead atoms. The average Bonchev–Trinajstić information content (AvgIpc) is 2.63. The van der Waals surface area contributed by atoms with Crippen molar-refractivity contribution in [1.82, 2.24) is 4.90 Å². The third-order valence-corrected chi connectivity index (χ3v) is 4.72. The summed E-state index contributed by atoms with van der Waals surface area (Å²) >= 11 is 0. The lowest BCUT2D eigenvalue weighted by Crippen LogP contribution is -2.39. The van der Waals surface area contributed by atoms with Gasteiger partial charge in [-0.2, -0.15) is 0 Å². The lowest BCUT2D eigenvalue weighted by molar-refractivity contribution is -0.145. The fraction of sp³-hybridized carbons (Fsp3) is 0.333. The van der Waals surface area contributed by atoms with Crippen molar-refractivity contribution in [1.29, 1.82) is 0 Å². The first-order valence-electron chi connectivity index (χ1n) is 8.67. The highest BCUT2D eigenvalue weighted by Crippen LogP contribution is 2.34. The summed E-state index contributed by atoms with van der Waals surface area (Å²) < 4.78 is 0. The average molecular weight is 355 g/mol. The van der Waals surface area contributed by atoms with E-state index in [1.807, 2.05) is 43.4 Å². The molecule has 5 nitrogen and oxygen atoms in total. The Kier molecular flexibility index (Phi) is 6.92. The number of nitrogens with zero attached hydrogens (tertiary/aromatic N) is 1. The number of carbonyl (C=O) groups is 2. The fourth-order valence-corrected chi connectivity index (χ4v) is 3.18. The second-order valence-corrected chi connectivity index (χ2v) is 6.62. The summed E-state index contributed by atoms with van der Waals surface area (Å²) in [4.78, 5) is 25.3. The second kappa shape index (κ2) is 9.15. The van der Waals surface area contributed by atoms with Crippen molar-refractivity contribution in [3.05, 3.63) is 71.8 Å². The quantitative estimate of drug-likeness (QED) is 0.683. The van der Waals surface area contributed by atoms with E-state index < -0.39 is 17.4 Å². The summed E-state index contributed by atoms with van der Waals surface area (Å²) in [5.74, 6) is -1.96. The molecule has 26 heavy (non-hydrogen) atoms. The molecular formula is C21H25NO4. The Balaban J connectivity index is 2.17. The Hall–Kier alpha value is -2.66. The summed E-state index contributed by atoms with van der Waals surface area (Å²) in [6.45, 7) is 1.26. The number of hydrogen-bond acceptors (Lipinski definition) is 3. The van der Waals surface area contributed by atoms with E-state index in [1.165, 1.54) is 0 Å². The van der Waals surface area contributed by atoms with Gasteiger partial charge in [0.1, 0.15) is 0 Å². The Labute approximate surface area is 153 Å². The molecule has 2 aromatic carbocycles. The molecule has 0 spiro atoms. The predicted molar refractivity (Wildman–Crippen MR) is 100 cm³/mol. The second-order valence-electron chi connectivity index (χ2n) is 6.62. The number of carboxylic acid groups (broad SMARTS) is 2. The zero-order valence-corrected chi connectivity index (χ0v) is 15.0. The standard InChI is InChI=1S/C21H25NO4/c1-22(16-17-8-4-2-5-9-17)15-14-21(20(25)26,13-12-19(23)24)18-10-6-3-7-11-18/h2-11H,12-16H2,1H3,(H,23,24)(H,25,26). The highest BCUT2D eigenvalue weighted by atomic mass is 16.4. The van der Waals surface area contributed by atoms with Crippen LogP contribution in [0.5, 0.6) is 0 Å². The van der Waals surface area contributed by atoms with Gasteiger partial charge < -0.3 is 15.1 Å². The maximum Gasteiger partial charge on any atom is 0.314 e. The maximum absolute atomic E-state index is 12.2. The minimum Gasteiger partial charge on any atom is -0.481 e. The van der Waals surface area contributed by atoms with Crippen molar-refractivity contribution in [3.63, 3.8) is 0 Å². The number of carboxylic acids is 2. The van der Waals surface area contributed by atoms with Crippen LogP contribution in [0.4, 0.5) is 0 Å². The minimum atomic E-state index is -1.20. The van der Waals surface area contributed by atoms with Gasteiger partial charge in [-0.05, 0) is 37.6 Å². The van der Waals surface area contributed by atoms with Gasteiger partial charge >= 0.3 is 11.9 Å². The van der Waals surface area contributed by atoms with Crippen molar-refractivity contribution in [2.75, 3.05) is 13.6 Å². The third-order valence-electron chi connectivity index (χ3n) is 4.72. The summed E-state index contributed by atoms with van der Waals surface area (Å²) in [6.07, 6.45) is 0.243. The smallest absolute Gasteiger partial charge is 0.314 e. The molecule has 1 unspecified atom stereocenters. The molecule has 0 aliphatic heterocycles. The van der Waals surface area contributed by atoms with Crippen LogP contribution in [0.25, 0.3) is 0 Å². The van der Waals surface area contributed by atoms with E-state index in [2.05, 4.69) is 4.90 Å². The van der Waals surface area contributed by atoms with Crippen LogP contribution in [0.15, 0.2) is 60.7 Å². The normalized spacial score (nSPS) is 13.3. The van der Waals surface area contributed by atoms with Gasteiger partial charge in [0.15, 0.2) is 0 Å². The van der Waals surface area contributed by atoms with Gasteiger partial charge in [0.2, 0.25) is 0 Å². The van der Waals surface area contributed by atoms with Gasteiger partial charge in [0.25, 0.3) is 0 Å². The lowest BCUT2D eigenvalue weighted by Gasteiger charge is -2.31. The zero-order chi connectivity index (χ0) is 19.0. The van der Waals surface area contributed by atoms with E-state index in [0.717, 1.165) is 5.56 Å². The van der Waals surface area contributed by atoms with E-state index in [9.17, 15) is 14.7 Å². The lowest BCUT2D eigenvalue weighted by atomic mass is 9.74. The molecule has 0 saturated heterocycles. The number of aliphatic carboxylic acids is 2. The molecule has 0 saturated carbocycles. The molecule has 0 aromatic heterocycles. The van der Waals surface area contributed by atoms with Gasteiger partial charge in [0, 0.05) is 13.0 Å². The number of rotatable bonds is 10. The third kappa shape index (κ3) is 5.17. The van der Waals surface area contributed by atoms with Gasteiger partial charge in [-0.15, -0.1) is 0 Å². The molecule has 0 aliphatic rings. The van der Waals surface area contributed by atoms with Gasteiger partial charge in [-0.25, -0.2) is 0 Å². The summed E-state index contributed by atoms with van der Waals surface area (Å²) in [7, 11) is 1.95. The molecule has 138 valence electrons. The van der Waals surface area contributed by atoms with Crippen LogP contribution in [0.3, 0.4) is 0 Å². The molecule has 2 aromatic rings. The summed E-state index contributed by atoms with van der Waals surface area (Å²) in [6, 6.07) is 18.9. The fourth-order valence-electron chi connectivity index (χ4n) is 3.18. The summed E-state index contributed by atoms with van der Waals surface area (Å²) in [5.41, 5.74) is 0.605. The maximum atomic E-state index is 12.2. The van der Waals surface area contributed by atoms with Crippen molar-refractivity contribution < 1.29 is 19.8 Å². The van der Waals surface area contributed by atoms with Crippen molar-refractivity contribution in [2.45, 2.75) is 31.2 Å². The first kappa shape index (κ1) is 19.7. The Morgan fingerprint density at radius 1 is 0.923 bits per heavy atom. The SMILES string of the molecule is CN(CCC(CCC(=O)O)(C(=O)O)c1ccccc1)Cc1ccccc1. The molecule has 0 amide bonds. The van der Waals surface area contributed by atoms with Crippen molar-refractivity contribution >= 4 is 11.9 Å². The first-order valence-corrected chi connectivity index (χ1v) is 8.67. The van der Waals surface area contributed by atoms with Gasteiger partial charge in [-0.3, -0.25) is 9.59 Å². The van der Waals surface area contributed by atoms with Gasteiger partial charge in [-0.1, -0.05) is 60.7 Å². The van der Waals surface area contributed by atoms with Crippen LogP contribution < -0.4 is 0 Å². The molecule has 2 N–H and O–H groups in total. The van der Waals surface area contributed by atoms with Crippen LogP contribution in [-0.4, -0.2) is 40.6 Å². The van der Waals surface area contributed by atoms with Crippen LogP contribution >= 0.6 is 0 Å². The highest BCUT2D eigenvalue weighted by molar-refractivity contribution is 5.82. The Morgan fingerprint density at radius 3 is 2.04 bits per heavy atom. The van der Waals surface area contributed by atoms with E-state index in [4.69, 9.17) is 5.11 Å². The predicted octanol–water partition coefficient (Wildman–Crippen LogP) is 3.40. The highest BCUT2D eigenvalue weighted by Gasteiger charge is 2.40. The molecule has 1 atom stereocenters. The number of benzene rings is 2.